The summed E-state index contributed by atoms with van der Waals surface area (Å²) in [6.07, 6.45) is 12.2. The molecule has 1 aliphatic carbocycles. The number of aliphatic hydroxyl groups is 1. The second kappa shape index (κ2) is 6.19. The van der Waals surface area contributed by atoms with Crippen LogP contribution in [-0.2, 0) is 0 Å². The average molecular weight is 239 g/mol. The van der Waals surface area contributed by atoms with Crippen molar-refractivity contribution in [1.29, 1.82) is 0 Å². The van der Waals surface area contributed by atoms with Gasteiger partial charge in [0.05, 0.1) is 5.60 Å². The Balaban J connectivity index is 1.96. The minimum atomic E-state index is -0.408. The van der Waals surface area contributed by atoms with E-state index in [1.807, 2.05) is 0 Å². The maximum atomic E-state index is 11.0. The third-order valence-corrected chi connectivity index (χ3v) is 4.99. The van der Waals surface area contributed by atoms with Crippen LogP contribution in [0.25, 0.3) is 0 Å². The van der Waals surface area contributed by atoms with Crippen LogP contribution in [0.2, 0.25) is 0 Å². The molecule has 0 amide bonds. The van der Waals surface area contributed by atoms with Crippen molar-refractivity contribution in [2.75, 3.05) is 6.54 Å². The molecular formula is C15H29NO. The normalized spacial score (nSPS) is 40.6. The second-order valence-electron chi connectivity index (χ2n) is 6.16. The van der Waals surface area contributed by atoms with Crippen LogP contribution in [0.5, 0.6) is 0 Å². The van der Waals surface area contributed by atoms with Crippen LogP contribution in [0, 0.1) is 5.92 Å². The van der Waals surface area contributed by atoms with Gasteiger partial charge in [0.25, 0.3) is 0 Å². The molecule has 17 heavy (non-hydrogen) atoms. The van der Waals surface area contributed by atoms with E-state index in [9.17, 15) is 5.11 Å². The number of rotatable bonds is 2. The highest BCUT2D eigenvalue weighted by molar-refractivity contribution is 4.94. The van der Waals surface area contributed by atoms with Gasteiger partial charge in [0, 0.05) is 6.04 Å². The zero-order chi connectivity index (χ0) is 12.1. The lowest BCUT2D eigenvalue weighted by Crippen LogP contribution is -2.50. The molecule has 2 fully saturated rings. The lowest BCUT2D eigenvalue weighted by Gasteiger charge is -2.36. The molecule has 0 radical (unpaired) electrons. The van der Waals surface area contributed by atoms with Crippen molar-refractivity contribution in [2.45, 2.75) is 82.8 Å². The van der Waals surface area contributed by atoms with Gasteiger partial charge in [0.1, 0.15) is 0 Å². The van der Waals surface area contributed by atoms with Crippen molar-refractivity contribution >= 4 is 0 Å². The smallest absolute Gasteiger partial charge is 0.0800 e. The number of hydrogen-bond acceptors (Lipinski definition) is 2. The number of hydrogen-bond donors (Lipinski definition) is 2. The largest absolute Gasteiger partial charge is 0.388 e. The Morgan fingerprint density at radius 1 is 1.06 bits per heavy atom. The standard InChI is InChI=1S/C15H29NO/c1-2-13-7-6-10-15(17,11-9-13)14-8-4-3-5-12-16-14/h13-14,16-17H,2-12H2,1H3. The van der Waals surface area contributed by atoms with E-state index < -0.39 is 5.60 Å². The molecule has 0 bridgehead atoms. The third-order valence-electron chi connectivity index (χ3n) is 4.99. The molecule has 2 N–H and O–H groups in total. The maximum absolute atomic E-state index is 11.0. The molecule has 2 aliphatic rings. The molecule has 1 saturated carbocycles. The summed E-state index contributed by atoms with van der Waals surface area (Å²) in [6.45, 7) is 3.39. The van der Waals surface area contributed by atoms with Crippen molar-refractivity contribution in [3.63, 3.8) is 0 Å². The zero-order valence-corrected chi connectivity index (χ0v) is 11.4. The first-order valence-electron chi connectivity index (χ1n) is 7.70. The van der Waals surface area contributed by atoms with E-state index in [2.05, 4.69) is 12.2 Å². The van der Waals surface area contributed by atoms with Crippen LogP contribution >= 0.6 is 0 Å². The molecule has 0 aromatic heterocycles. The fourth-order valence-electron chi connectivity index (χ4n) is 3.66. The van der Waals surface area contributed by atoms with Crippen LogP contribution in [0.3, 0.4) is 0 Å². The lowest BCUT2D eigenvalue weighted by atomic mass is 9.83. The van der Waals surface area contributed by atoms with E-state index in [4.69, 9.17) is 0 Å². The van der Waals surface area contributed by atoms with Crippen molar-refractivity contribution in [3.05, 3.63) is 0 Å². The van der Waals surface area contributed by atoms with Gasteiger partial charge < -0.3 is 10.4 Å². The van der Waals surface area contributed by atoms with Crippen molar-refractivity contribution in [2.24, 2.45) is 5.92 Å². The van der Waals surface area contributed by atoms with Gasteiger partial charge in [-0.3, -0.25) is 0 Å². The Morgan fingerprint density at radius 2 is 1.94 bits per heavy atom. The molecule has 2 rings (SSSR count). The molecule has 2 heteroatoms. The molecule has 3 unspecified atom stereocenters. The first-order valence-corrected chi connectivity index (χ1v) is 7.70. The van der Waals surface area contributed by atoms with E-state index in [1.54, 1.807) is 0 Å². The first kappa shape index (κ1) is 13.4. The summed E-state index contributed by atoms with van der Waals surface area (Å²) in [7, 11) is 0. The topological polar surface area (TPSA) is 32.3 Å². The van der Waals surface area contributed by atoms with E-state index in [-0.39, 0.29) is 0 Å². The summed E-state index contributed by atoms with van der Waals surface area (Å²) in [5, 5.41) is 14.6. The van der Waals surface area contributed by atoms with Crippen LogP contribution in [0.4, 0.5) is 0 Å². The number of nitrogens with one attached hydrogen (secondary N) is 1. The summed E-state index contributed by atoms with van der Waals surface area (Å²) >= 11 is 0. The van der Waals surface area contributed by atoms with E-state index in [0.29, 0.717) is 6.04 Å². The molecule has 0 aromatic carbocycles. The van der Waals surface area contributed by atoms with Gasteiger partial charge in [-0.25, -0.2) is 0 Å². The Hall–Kier alpha value is -0.0800. The van der Waals surface area contributed by atoms with Crippen LogP contribution in [-0.4, -0.2) is 23.3 Å². The quantitative estimate of drug-likeness (QED) is 0.725. The van der Waals surface area contributed by atoms with Gasteiger partial charge in [0.2, 0.25) is 0 Å². The highest BCUT2D eigenvalue weighted by atomic mass is 16.3. The fourth-order valence-corrected chi connectivity index (χ4v) is 3.66. The molecule has 3 atom stereocenters. The highest BCUT2D eigenvalue weighted by Crippen LogP contribution is 2.35. The molecular weight excluding hydrogens is 210 g/mol. The Labute approximate surface area is 106 Å². The molecule has 1 saturated heterocycles. The molecule has 0 spiro atoms. The van der Waals surface area contributed by atoms with Gasteiger partial charge in [-0.1, -0.05) is 39.0 Å². The monoisotopic (exact) mass is 239 g/mol. The SMILES string of the molecule is CCC1CCCC(O)(C2CCCCCN2)CC1. The summed E-state index contributed by atoms with van der Waals surface area (Å²) < 4.78 is 0. The van der Waals surface area contributed by atoms with E-state index in [1.165, 1.54) is 51.4 Å². The third kappa shape index (κ3) is 3.45. The average Bonchev–Trinajstić information content (AvgIpc) is 2.70. The Bertz CT molecular complexity index is 223. The van der Waals surface area contributed by atoms with Crippen molar-refractivity contribution in [1.82, 2.24) is 5.32 Å². The molecule has 1 heterocycles. The van der Waals surface area contributed by atoms with Crippen LogP contribution in [0.15, 0.2) is 0 Å². The van der Waals surface area contributed by atoms with Gasteiger partial charge in [0.15, 0.2) is 0 Å². The first-order chi connectivity index (χ1) is 8.24. The Morgan fingerprint density at radius 3 is 2.76 bits per heavy atom. The van der Waals surface area contributed by atoms with Crippen molar-refractivity contribution in [3.8, 4) is 0 Å². The molecule has 2 nitrogen and oxygen atoms in total. The van der Waals surface area contributed by atoms with Crippen LogP contribution in [0.1, 0.15) is 71.1 Å². The van der Waals surface area contributed by atoms with Crippen molar-refractivity contribution < 1.29 is 5.11 Å². The van der Waals surface area contributed by atoms with Gasteiger partial charge in [-0.05, 0) is 44.6 Å². The highest BCUT2D eigenvalue weighted by Gasteiger charge is 2.37. The molecule has 1 aliphatic heterocycles. The minimum Gasteiger partial charge on any atom is -0.388 e. The lowest BCUT2D eigenvalue weighted by molar-refractivity contribution is -0.0145. The minimum absolute atomic E-state index is 0.362. The summed E-state index contributed by atoms with van der Waals surface area (Å²) in [5.74, 6) is 0.856. The van der Waals surface area contributed by atoms with E-state index >= 15 is 0 Å². The maximum Gasteiger partial charge on any atom is 0.0800 e. The van der Waals surface area contributed by atoms with Gasteiger partial charge in [-0.2, -0.15) is 0 Å². The predicted octanol–water partition coefficient (Wildman–Crippen LogP) is 3.24. The summed E-state index contributed by atoms with van der Waals surface area (Å²) in [6, 6.07) is 0.362. The zero-order valence-electron chi connectivity index (χ0n) is 11.4. The van der Waals surface area contributed by atoms with Gasteiger partial charge in [-0.15, -0.1) is 0 Å². The van der Waals surface area contributed by atoms with Crippen LogP contribution < -0.4 is 5.32 Å². The molecule has 100 valence electrons. The Kier molecular flexibility index (Phi) is 4.87. The van der Waals surface area contributed by atoms with Gasteiger partial charge >= 0.3 is 0 Å². The fraction of sp³-hybridized carbons (Fsp3) is 1.00. The van der Waals surface area contributed by atoms with E-state index in [0.717, 1.165) is 25.3 Å². The summed E-state index contributed by atoms with van der Waals surface area (Å²) in [5.41, 5.74) is -0.408. The summed E-state index contributed by atoms with van der Waals surface area (Å²) in [4.78, 5) is 0. The molecule has 0 aromatic rings. The second-order valence-corrected chi connectivity index (χ2v) is 6.16. The predicted molar refractivity (Wildman–Crippen MR) is 72.1 cm³/mol.